The number of para-hydroxylation sites is 1. The van der Waals surface area contributed by atoms with E-state index in [-0.39, 0.29) is 6.10 Å². The molecule has 1 aliphatic heterocycles. The summed E-state index contributed by atoms with van der Waals surface area (Å²) >= 11 is 0. The van der Waals surface area contributed by atoms with Crippen molar-refractivity contribution in [2.45, 2.75) is 32.8 Å². The van der Waals surface area contributed by atoms with E-state index in [9.17, 15) is 0 Å². The molecule has 0 saturated carbocycles. The van der Waals surface area contributed by atoms with Crippen molar-refractivity contribution in [2.75, 3.05) is 23.3 Å². The normalized spacial score (nSPS) is 16.2. The zero-order valence-electron chi connectivity index (χ0n) is 15.7. The fraction of sp³-hybridized carbons (Fsp3) is 0.304. The standard InChI is InChI=1S/C23H28N2O/c1-4-5-16-25-17-19(3)26-23-21(12-9-13-22(23)25)24-18(2)14-15-20-10-7-6-8-11-20/h6-15,19,24H,2,4-5,16-17H2,1,3H3/b15-14+. The molecule has 3 rings (SSSR count). The molecule has 1 N–H and O–H groups in total. The SMILES string of the molecule is C=C(/C=C/c1ccccc1)Nc1cccc2c1OC(C)CN2CCCC. The van der Waals surface area contributed by atoms with Crippen molar-refractivity contribution in [1.29, 1.82) is 0 Å². The molecule has 0 aromatic heterocycles. The Hall–Kier alpha value is -2.68. The average Bonchev–Trinajstić information content (AvgIpc) is 2.66. The summed E-state index contributed by atoms with van der Waals surface area (Å²) in [6.45, 7) is 10.5. The van der Waals surface area contributed by atoms with Gasteiger partial charge in [0.15, 0.2) is 5.75 Å². The predicted molar refractivity (Wildman–Crippen MR) is 112 cm³/mol. The zero-order chi connectivity index (χ0) is 18.4. The van der Waals surface area contributed by atoms with Crippen LogP contribution < -0.4 is 15.0 Å². The maximum atomic E-state index is 6.17. The summed E-state index contributed by atoms with van der Waals surface area (Å²) in [5, 5.41) is 3.40. The molecule has 0 fully saturated rings. The second-order valence-corrected chi connectivity index (χ2v) is 6.78. The summed E-state index contributed by atoms with van der Waals surface area (Å²) in [7, 11) is 0. The fourth-order valence-electron chi connectivity index (χ4n) is 3.18. The first-order valence-electron chi connectivity index (χ1n) is 9.41. The van der Waals surface area contributed by atoms with Gasteiger partial charge in [0.2, 0.25) is 0 Å². The van der Waals surface area contributed by atoms with E-state index in [2.05, 4.69) is 67.1 Å². The first-order chi connectivity index (χ1) is 12.7. The van der Waals surface area contributed by atoms with Gasteiger partial charge < -0.3 is 15.0 Å². The van der Waals surface area contributed by atoms with Gasteiger partial charge in [0.1, 0.15) is 6.10 Å². The molecular formula is C23H28N2O. The molecule has 3 nitrogen and oxygen atoms in total. The Morgan fingerprint density at radius 2 is 2.04 bits per heavy atom. The number of hydrogen-bond donors (Lipinski definition) is 1. The lowest BCUT2D eigenvalue weighted by molar-refractivity contribution is 0.213. The predicted octanol–water partition coefficient (Wildman–Crippen LogP) is 5.71. The Kier molecular flexibility index (Phi) is 6.00. The Balaban J connectivity index is 1.76. The highest BCUT2D eigenvalue weighted by atomic mass is 16.5. The number of fused-ring (bicyclic) bond motifs is 1. The van der Waals surface area contributed by atoms with Crippen molar-refractivity contribution in [3.8, 4) is 5.75 Å². The third kappa shape index (κ3) is 4.48. The van der Waals surface area contributed by atoms with Gasteiger partial charge in [0, 0.05) is 12.2 Å². The van der Waals surface area contributed by atoms with Gasteiger partial charge in [-0.3, -0.25) is 0 Å². The molecule has 26 heavy (non-hydrogen) atoms. The van der Waals surface area contributed by atoms with Crippen LogP contribution in [-0.2, 0) is 0 Å². The van der Waals surface area contributed by atoms with Gasteiger partial charge >= 0.3 is 0 Å². The summed E-state index contributed by atoms with van der Waals surface area (Å²) in [6, 6.07) is 16.5. The molecule has 3 heteroatoms. The maximum Gasteiger partial charge on any atom is 0.166 e. The van der Waals surface area contributed by atoms with E-state index >= 15 is 0 Å². The van der Waals surface area contributed by atoms with Crippen LogP contribution in [0.4, 0.5) is 11.4 Å². The minimum atomic E-state index is 0.176. The zero-order valence-corrected chi connectivity index (χ0v) is 15.7. The number of rotatable bonds is 7. The number of hydrogen-bond acceptors (Lipinski definition) is 3. The summed E-state index contributed by atoms with van der Waals surface area (Å²) < 4.78 is 6.17. The van der Waals surface area contributed by atoms with Gasteiger partial charge in [-0.1, -0.05) is 62.4 Å². The molecule has 0 radical (unpaired) electrons. The first kappa shape index (κ1) is 18.1. The van der Waals surface area contributed by atoms with Crippen LogP contribution in [-0.4, -0.2) is 19.2 Å². The van der Waals surface area contributed by atoms with E-state index in [1.807, 2.05) is 24.3 Å². The molecule has 0 amide bonds. The highest BCUT2D eigenvalue weighted by Crippen LogP contribution is 2.40. The van der Waals surface area contributed by atoms with Crippen molar-refractivity contribution < 1.29 is 4.74 Å². The second kappa shape index (κ2) is 8.61. The monoisotopic (exact) mass is 348 g/mol. The number of nitrogens with zero attached hydrogens (tertiary/aromatic N) is 1. The van der Waals surface area contributed by atoms with Crippen LogP contribution in [0.25, 0.3) is 6.08 Å². The van der Waals surface area contributed by atoms with Crippen molar-refractivity contribution in [2.24, 2.45) is 0 Å². The topological polar surface area (TPSA) is 24.5 Å². The third-order valence-corrected chi connectivity index (χ3v) is 4.48. The molecule has 2 aromatic rings. The van der Waals surface area contributed by atoms with Gasteiger partial charge in [0.25, 0.3) is 0 Å². The number of nitrogens with one attached hydrogen (secondary N) is 1. The molecule has 1 atom stereocenters. The number of allylic oxidation sites excluding steroid dienone is 1. The van der Waals surface area contributed by atoms with Crippen LogP contribution in [0, 0.1) is 0 Å². The molecule has 2 aromatic carbocycles. The van der Waals surface area contributed by atoms with Crippen molar-refractivity contribution >= 4 is 17.5 Å². The Bertz CT molecular complexity index is 767. The number of benzene rings is 2. The van der Waals surface area contributed by atoms with Crippen LogP contribution in [0.3, 0.4) is 0 Å². The smallest absolute Gasteiger partial charge is 0.166 e. The minimum absolute atomic E-state index is 0.176. The molecule has 0 saturated heterocycles. The highest BCUT2D eigenvalue weighted by molar-refractivity contribution is 5.75. The number of ether oxygens (including phenoxy) is 1. The summed E-state index contributed by atoms with van der Waals surface area (Å²) in [4.78, 5) is 2.43. The Morgan fingerprint density at radius 1 is 1.23 bits per heavy atom. The van der Waals surface area contributed by atoms with Crippen LogP contribution in [0.1, 0.15) is 32.3 Å². The molecular weight excluding hydrogens is 320 g/mol. The van der Waals surface area contributed by atoms with Gasteiger partial charge in [0.05, 0.1) is 17.9 Å². The summed E-state index contributed by atoms with van der Waals surface area (Å²) in [5.74, 6) is 0.927. The van der Waals surface area contributed by atoms with Crippen LogP contribution in [0.15, 0.2) is 66.9 Å². The van der Waals surface area contributed by atoms with E-state index in [1.165, 1.54) is 18.5 Å². The highest BCUT2D eigenvalue weighted by Gasteiger charge is 2.24. The van der Waals surface area contributed by atoms with E-state index in [0.29, 0.717) is 0 Å². The summed E-state index contributed by atoms with van der Waals surface area (Å²) in [5.41, 5.74) is 4.13. The maximum absolute atomic E-state index is 6.17. The van der Waals surface area contributed by atoms with E-state index in [4.69, 9.17) is 4.74 Å². The molecule has 1 unspecified atom stereocenters. The van der Waals surface area contributed by atoms with E-state index in [1.54, 1.807) is 0 Å². The first-order valence-corrected chi connectivity index (χ1v) is 9.41. The van der Waals surface area contributed by atoms with Crippen molar-refractivity contribution in [3.05, 3.63) is 72.4 Å². The number of unbranched alkanes of at least 4 members (excludes halogenated alkanes) is 1. The lowest BCUT2D eigenvalue weighted by atomic mass is 10.1. The van der Waals surface area contributed by atoms with Gasteiger partial charge in [-0.15, -0.1) is 0 Å². The minimum Gasteiger partial charge on any atom is -0.485 e. The Morgan fingerprint density at radius 3 is 2.81 bits per heavy atom. The van der Waals surface area contributed by atoms with E-state index in [0.717, 1.165) is 35.8 Å². The Labute approximate surface area is 157 Å². The van der Waals surface area contributed by atoms with Crippen molar-refractivity contribution in [1.82, 2.24) is 0 Å². The quantitative estimate of drug-likeness (QED) is 0.648. The molecule has 0 bridgehead atoms. The molecule has 1 heterocycles. The molecule has 1 aliphatic rings. The molecule has 0 spiro atoms. The third-order valence-electron chi connectivity index (χ3n) is 4.48. The van der Waals surface area contributed by atoms with Gasteiger partial charge in [-0.25, -0.2) is 0 Å². The fourth-order valence-corrected chi connectivity index (χ4v) is 3.18. The largest absolute Gasteiger partial charge is 0.485 e. The number of anilines is 2. The summed E-state index contributed by atoms with van der Waals surface area (Å²) in [6.07, 6.45) is 6.61. The molecule has 136 valence electrons. The van der Waals surface area contributed by atoms with Gasteiger partial charge in [-0.05, 0) is 37.1 Å². The van der Waals surface area contributed by atoms with Crippen molar-refractivity contribution in [3.63, 3.8) is 0 Å². The lowest BCUT2D eigenvalue weighted by Crippen LogP contribution is -2.39. The lowest BCUT2D eigenvalue weighted by Gasteiger charge is -2.36. The van der Waals surface area contributed by atoms with Crippen LogP contribution in [0.2, 0.25) is 0 Å². The molecule has 0 aliphatic carbocycles. The van der Waals surface area contributed by atoms with Crippen LogP contribution >= 0.6 is 0 Å². The average molecular weight is 348 g/mol. The van der Waals surface area contributed by atoms with Gasteiger partial charge in [-0.2, -0.15) is 0 Å². The van der Waals surface area contributed by atoms with Crippen LogP contribution in [0.5, 0.6) is 5.75 Å². The van der Waals surface area contributed by atoms with E-state index < -0.39 is 0 Å². The second-order valence-electron chi connectivity index (χ2n) is 6.78.